The van der Waals surface area contributed by atoms with E-state index in [4.69, 9.17) is 0 Å². The second-order valence-electron chi connectivity index (χ2n) is 5.73. The lowest BCUT2D eigenvalue weighted by Crippen LogP contribution is -3.61. The van der Waals surface area contributed by atoms with E-state index in [1.54, 1.807) is 9.13 Å². The van der Waals surface area contributed by atoms with Gasteiger partial charge in [-0.15, -0.1) is 0 Å². The largest absolute Gasteiger partial charge is 0.358 e. The molecule has 0 heterocycles. The van der Waals surface area contributed by atoms with Crippen LogP contribution in [0.4, 0.5) is 0 Å². The van der Waals surface area contributed by atoms with Crippen LogP contribution in [0.15, 0.2) is 48.5 Å². The number of halogens is 1. The standard InChI is InChI=1S/C19H22I/c1-15-7-5-6-10-19(15)20-18-13-11-17(12-14-18)16-8-3-2-4-9-16/h5-7,10-14,16H,2-4,8-9H2,1H3/q+1. The SMILES string of the molecule is Cc1ccccc1[I+]c1ccc(C2CCCCC2)cc1. The molecule has 0 amide bonds. The first-order chi connectivity index (χ1) is 9.83. The Morgan fingerprint density at radius 1 is 0.850 bits per heavy atom. The molecule has 1 aliphatic carbocycles. The second kappa shape index (κ2) is 6.75. The smallest absolute Gasteiger partial charge is 0.0617 e. The van der Waals surface area contributed by atoms with Crippen molar-refractivity contribution in [2.75, 3.05) is 0 Å². The minimum absolute atomic E-state index is 0.0244. The van der Waals surface area contributed by atoms with E-state index in [-0.39, 0.29) is 21.2 Å². The highest BCUT2D eigenvalue weighted by Crippen LogP contribution is 2.32. The van der Waals surface area contributed by atoms with E-state index in [9.17, 15) is 0 Å². The van der Waals surface area contributed by atoms with Gasteiger partial charge < -0.3 is 0 Å². The van der Waals surface area contributed by atoms with Gasteiger partial charge in [0.15, 0.2) is 7.14 Å². The topological polar surface area (TPSA) is 0 Å². The van der Waals surface area contributed by atoms with Crippen molar-refractivity contribution in [1.29, 1.82) is 0 Å². The van der Waals surface area contributed by atoms with E-state index < -0.39 is 0 Å². The van der Waals surface area contributed by atoms with E-state index in [2.05, 4.69) is 55.5 Å². The molecule has 0 N–H and O–H groups in total. The van der Waals surface area contributed by atoms with Gasteiger partial charge in [-0.3, -0.25) is 0 Å². The summed E-state index contributed by atoms with van der Waals surface area (Å²) in [5.41, 5.74) is 3.01. The molecule has 1 aliphatic rings. The van der Waals surface area contributed by atoms with E-state index in [1.165, 1.54) is 41.2 Å². The van der Waals surface area contributed by atoms with Gasteiger partial charge in [-0.25, -0.2) is 0 Å². The van der Waals surface area contributed by atoms with Gasteiger partial charge in [-0.1, -0.05) is 49.6 Å². The van der Waals surface area contributed by atoms with Gasteiger partial charge in [0.25, 0.3) is 0 Å². The van der Waals surface area contributed by atoms with Gasteiger partial charge >= 0.3 is 21.2 Å². The van der Waals surface area contributed by atoms with Gasteiger partial charge in [0.1, 0.15) is 0 Å². The average molecular weight is 377 g/mol. The lowest BCUT2D eigenvalue weighted by molar-refractivity contribution is -0.598. The van der Waals surface area contributed by atoms with E-state index in [0.29, 0.717) is 0 Å². The average Bonchev–Trinajstić information content (AvgIpc) is 2.51. The van der Waals surface area contributed by atoms with Crippen molar-refractivity contribution >= 4 is 0 Å². The summed E-state index contributed by atoms with van der Waals surface area (Å²) in [7, 11) is 0. The van der Waals surface area contributed by atoms with Gasteiger partial charge in [-0.05, 0) is 49.4 Å². The fraction of sp³-hybridized carbons (Fsp3) is 0.368. The fourth-order valence-electron chi connectivity index (χ4n) is 3.01. The van der Waals surface area contributed by atoms with Crippen LogP contribution in [0.1, 0.15) is 49.1 Å². The maximum atomic E-state index is 2.39. The summed E-state index contributed by atoms with van der Waals surface area (Å²) in [6.07, 6.45) is 7.07. The zero-order valence-corrected chi connectivity index (χ0v) is 14.3. The molecule has 0 bridgehead atoms. The third-order valence-electron chi connectivity index (χ3n) is 4.23. The molecule has 1 fully saturated rings. The minimum Gasteiger partial charge on any atom is -0.0617 e. The molecule has 1 heteroatoms. The Morgan fingerprint density at radius 3 is 2.25 bits per heavy atom. The molecule has 0 nitrogen and oxygen atoms in total. The van der Waals surface area contributed by atoms with Crippen molar-refractivity contribution in [1.82, 2.24) is 0 Å². The molecule has 0 unspecified atom stereocenters. The van der Waals surface area contributed by atoms with Crippen molar-refractivity contribution in [2.24, 2.45) is 0 Å². The number of rotatable bonds is 3. The molecule has 0 radical (unpaired) electrons. The van der Waals surface area contributed by atoms with E-state index in [1.807, 2.05) is 0 Å². The number of aryl methyl sites for hydroxylation is 1. The monoisotopic (exact) mass is 377 g/mol. The summed E-state index contributed by atoms with van der Waals surface area (Å²) in [6, 6.07) is 18.4. The quantitative estimate of drug-likeness (QED) is 0.720. The molecule has 2 aromatic carbocycles. The van der Waals surface area contributed by atoms with Gasteiger partial charge in [0.2, 0.25) is 0 Å². The zero-order chi connectivity index (χ0) is 13.8. The summed E-state index contributed by atoms with van der Waals surface area (Å²) < 4.78 is 3.09. The number of hydrogen-bond acceptors (Lipinski definition) is 0. The van der Waals surface area contributed by atoms with Crippen LogP contribution in [0, 0.1) is 14.1 Å². The van der Waals surface area contributed by atoms with Gasteiger partial charge in [-0.2, -0.15) is 0 Å². The predicted molar refractivity (Wildman–Crippen MR) is 80.8 cm³/mol. The Hall–Kier alpha value is -0.830. The molecule has 104 valence electrons. The summed E-state index contributed by atoms with van der Waals surface area (Å²) in [4.78, 5) is 0. The molecule has 0 aliphatic heterocycles. The van der Waals surface area contributed by atoms with Crippen molar-refractivity contribution in [3.05, 3.63) is 66.8 Å². The van der Waals surface area contributed by atoms with Crippen LogP contribution < -0.4 is 21.2 Å². The Morgan fingerprint density at radius 2 is 1.55 bits per heavy atom. The first-order valence-corrected chi connectivity index (χ1v) is 9.79. The third-order valence-corrected chi connectivity index (χ3v) is 7.37. The van der Waals surface area contributed by atoms with E-state index >= 15 is 0 Å². The Balaban J connectivity index is 1.71. The zero-order valence-electron chi connectivity index (χ0n) is 12.1. The highest BCUT2D eigenvalue weighted by molar-refractivity contribution is 5.20. The molecule has 2 aromatic rings. The van der Waals surface area contributed by atoms with Crippen LogP contribution in [-0.2, 0) is 0 Å². The van der Waals surface area contributed by atoms with Crippen LogP contribution in [0.2, 0.25) is 0 Å². The molecule has 3 rings (SSSR count). The minimum atomic E-state index is -0.0244. The third kappa shape index (κ3) is 3.43. The highest BCUT2D eigenvalue weighted by Gasteiger charge is 2.19. The molecular formula is C19H22I+. The Labute approximate surface area is 132 Å². The second-order valence-corrected chi connectivity index (χ2v) is 8.68. The molecular weight excluding hydrogens is 355 g/mol. The van der Waals surface area contributed by atoms with Crippen LogP contribution in [0.5, 0.6) is 0 Å². The summed E-state index contributed by atoms with van der Waals surface area (Å²) in [5, 5.41) is 0. The maximum Gasteiger partial charge on any atom is 0.358 e. The van der Waals surface area contributed by atoms with Crippen LogP contribution in [0.3, 0.4) is 0 Å². The van der Waals surface area contributed by atoms with Crippen molar-refractivity contribution in [3.8, 4) is 0 Å². The molecule has 0 atom stereocenters. The normalized spacial score (nSPS) is 16.2. The first kappa shape index (κ1) is 14.1. The van der Waals surface area contributed by atoms with Crippen LogP contribution in [0.25, 0.3) is 0 Å². The predicted octanol–water partition coefficient (Wildman–Crippen LogP) is 2.17. The lowest BCUT2D eigenvalue weighted by Gasteiger charge is -2.21. The molecule has 0 aromatic heterocycles. The van der Waals surface area contributed by atoms with Gasteiger partial charge in [0.05, 0.1) is 0 Å². The number of hydrogen-bond donors (Lipinski definition) is 0. The van der Waals surface area contributed by atoms with Crippen LogP contribution >= 0.6 is 0 Å². The molecule has 1 saturated carbocycles. The first-order valence-electron chi connectivity index (χ1n) is 7.63. The maximum absolute atomic E-state index is 2.39. The van der Waals surface area contributed by atoms with Crippen LogP contribution in [-0.4, -0.2) is 0 Å². The summed E-state index contributed by atoms with van der Waals surface area (Å²) >= 11 is -0.0244. The van der Waals surface area contributed by atoms with E-state index in [0.717, 1.165) is 5.92 Å². The highest BCUT2D eigenvalue weighted by atomic mass is 127. The summed E-state index contributed by atoms with van der Waals surface area (Å²) in [5.74, 6) is 0.828. The van der Waals surface area contributed by atoms with Crippen molar-refractivity contribution < 1.29 is 21.2 Å². The van der Waals surface area contributed by atoms with Crippen molar-refractivity contribution in [3.63, 3.8) is 0 Å². The molecule has 20 heavy (non-hydrogen) atoms. The molecule has 0 spiro atoms. The fourth-order valence-corrected chi connectivity index (χ4v) is 5.39. The number of benzene rings is 2. The molecule has 0 saturated heterocycles. The Kier molecular flexibility index (Phi) is 4.77. The summed E-state index contributed by atoms with van der Waals surface area (Å²) in [6.45, 7) is 2.23. The van der Waals surface area contributed by atoms with Gasteiger partial charge in [0, 0.05) is 5.56 Å². The van der Waals surface area contributed by atoms with Crippen molar-refractivity contribution in [2.45, 2.75) is 44.9 Å². The Bertz CT molecular complexity index is 550. The lowest BCUT2D eigenvalue weighted by atomic mass is 9.84.